The standard InChI is InChI=1S/C25H25B5F3N5O2/c1-12-7-37(22-34-5-14(6-35-22)25(31,32)33)8-13(2)38(12)23(39)40-15-3-24(4-15)10-36(11-24)9-16-17(26)19(28)21(30)20(29)18(16)27/h5-6,12-13,15H,3-4,7-11H2,1-2H3/t12-,13+. The fourth-order valence-electron chi connectivity index (χ4n) is 6.24. The van der Waals surface area contributed by atoms with Gasteiger partial charge in [-0.05, 0) is 32.3 Å². The van der Waals surface area contributed by atoms with E-state index in [0.29, 0.717) is 36.1 Å². The Hall–Kier alpha value is -2.56. The van der Waals surface area contributed by atoms with Crippen molar-refractivity contribution in [3.05, 3.63) is 23.5 Å². The first-order chi connectivity index (χ1) is 18.7. The highest BCUT2D eigenvalue weighted by Gasteiger charge is 2.54. The van der Waals surface area contributed by atoms with Crippen LogP contribution in [0.25, 0.3) is 0 Å². The number of hydrogen-bond donors (Lipinski definition) is 0. The van der Waals surface area contributed by atoms with E-state index in [1.54, 1.807) is 9.80 Å². The van der Waals surface area contributed by atoms with Crippen molar-refractivity contribution in [3.8, 4) is 0 Å². The molecular formula is C25H25B5F3N5O2. The third-order valence-electron chi connectivity index (χ3n) is 8.28. The van der Waals surface area contributed by atoms with Gasteiger partial charge in [0, 0.05) is 50.5 Å². The number of nitrogens with zero attached hydrogens (tertiary/aromatic N) is 5. The number of carbonyl (C=O) groups excluding carboxylic acids is 1. The van der Waals surface area contributed by atoms with Crippen LogP contribution in [-0.4, -0.2) is 109 Å². The normalized spacial score (nSPS) is 23.1. The van der Waals surface area contributed by atoms with E-state index in [0.717, 1.165) is 38.3 Å². The van der Waals surface area contributed by atoms with Crippen LogP contribution in [0.5, 0.6) is 0 Å². The summed E-state index contributed by atoms with van der Waals surface area (Å²) in [5.74, 6) is 0.197. The Morgan fingerprint density at radius 3 is 1.95 bits per heavy atom. The van der Waals surface area contributed by atoms with Crippen LogP contribution in [0.2, 0.25) is 0 Å². The van der Waals surface area contributed by atoms with Crippen LogP contribution < -0.4 is 32.2 Å². The maximum atomic E-state index is 13.1. The van der Waals surface area contributed by atoms with E-state index in [4.69, 9.17) is 44.0 Å². The van der Waals surface area contributed by atoms with E-state index in [2.05, 4.69) is 14.9 Å². The van der Waals surface area contributed by atoms with E-state index in [1.807, 2.05) is 13.8 Å². The zero-order valence-corrected chi connectivity index (χ0v) is 22.4. The van der Waals surface area contributed by atoms with E-state index in [-0.39, 0.29) is 45.9 Å². The predicted molar refractivity (Wildman–Crippen MR) is 151 cm³/mol. The summed E-state index contributed by atoms with van der Waals surface area (Å²) in [6.07, 6.45) is -2.00. The number of carbonyl (C=O) groups is 1. The Bertz CT molecular complexity index is 1260. The third-order valence-corrected chi connectivity index (χ3v) is 8.28. The van der Waals surface area contributed by atoms with Gasteiger partial charge in [0.05, 0.1) is 17.6 Å². The molecule has 10 radical (unpaired) electrons. The molecule has 1 spiro atoms. The zero-order valence-electron chi connectivity index (χ0n) is 22.4. The number of alkyl halides is 3. The van der Waals surface area contributed by atoms with E-state index in [1.165, 1.54) is 0 Å². The summed E-state index contributed by atoms with van der Waals surface area (Å²) in [4.78, 5) is 26.5. The summed E-state index contributed by atoms with van der Waals surface area (Å²) < 4.78 is 44.4. The van der Waals surface area contributed by atoms with Gasteiger partial charge in [0.25, 0.3) is 0 Å². The van der Waals surface area contributed by atoms with Crippen LogP contribution in [0, 0.1) is 5.41 Å². The molecule has 2 saturated heterocycles. The van der Waals surface area contributed by atoms with Crippen molar-refractivity contribution in [1.29, 1.82) is 0 Å². The van der Waals surface area contributed by atoms with Crippen molar-refractivity contribution in [2.75, 3.05) is 31.1 Å². The second kappa shape index (κ2) is 10.4. The van der Waals surface area contributed by atoms with Crippen LogP contribution in [0.4, 0.5) is 23.9 Å². The van der Waals surface area contributed by atoms with Gasteiger partial charge >= 0.3 is 12.3 Å². The average Bonchev–Trinajstić information content (AvgIpc) is 2.84. The number of rotatable bonds is 4. The van der Waals surface area contributed by atoms with Gasteiger partial charge in [0.1, 0.15) is 45.3 Å². The van der Waals surface area contributed by atoms with Gasteiger partial charge in [0.15, 0.2) is 0 Å². The molecule has 7 nitrogen and oxygen atoms in total. The van der Waals surface area contributed by atoms with Crippen molar-refractivity contribution in [3.63, 3.8) is 0 Å². The fraction of sp³-hybridized carbons (Fsp3) is 0.560. The molecule has 1 aromatic carbocycles. The first-order valence-electron chi connectivity index (χ1n) is 13.0. The number of ether oxygens (including phenoxy) is 1. The number of halogens is 3. The second-order valence-corrected chi connectivity index (χ2v) is 11.4. The minimum absolute atomic E-state index is 0.0786. The van der Waals surface area contributed by atoms with Gasteiger partial charge in [0.2, 0.25) is 5.95 Å². The number of amides is 1. The molecule has 2 aliphatic heterocycles. The average molecular weight is 539 g/mol. The highest BCUT2D eigenvalue weighted by molar-refractivity contribution is 6.67. The zero-order chi connectivity index (χ0) is 29.1. The van der Waals surface area contributed by atoms with Gasteiger partial charge in [-0.3, -0.25) is 9.80 Å². The summed E-state index contributed by atoms with van der Waals surface area (Å²) in [5.41, 5.74) is 1.21. The third kappa shape index (κ3) is 5.26. The van der Waals surface area contributed by atoms with E-state index < -0.39 is 17.8 Å². The SMILES string of the molecule is [B]c1c([B])c([B])c(CN2CC3(CC(OC(=O)N4[C@H](C)CN(c5ncc(C(F)(F)F)cn5)C[C@@H]4C)C3)C2)c([B])c1[B]. The van der Waals surface area contributed by atoms with E-state index >= 15 is 0 Å². The number of anilines is 1. The van der Waals surface area contributed by atoms with Crippen LogP contribution in [0.1, 0.15) is 37.8 Å². The topological polar surface area (TPSA) is 61.8 Å². The molecule has 1 amide bonds. The molecular weight excluding hydrogens is 513 g/mol. The quantitative estimate of drug-likeness (QED) is 0.427. The molecule has 0 bridgehead atoms. The smallest absolute Gasteiger partial charge is 0.419 e. The highest BCUT2D eigenvalue weighted by Crippen LogP contribution is 2.50. The predicted octanol–water partition coefficient (Wildman–Crippen LogP) is -1.84. The molecule has 1 saturated carbocycles. The van der Waals surface area contributed by atoms with Gasteiger partial charge in [-0.1, -0.05) is 0 Å². The van der Waals surface area contributed by atoms with E-state index in [9.17, 15) is 18.0 Å². The van der Waals surface area contributed by atoms with Crippen molar-refractivity contribution in [1.82, 2.24) is 19.8 Å². The summed E-state index contributed by atoms with van der Waals surface area (Å²) in [6.45, 7) is 6.61. The number of benzene rings is 1. The molecule has 40 heavy (non-hydrogen) atoms. The first-order valence-corrected chi connectivity index (χ1v) is 13.0. The Balaban J connectivity index is 1.11. The molecule has 198 valence electrons. The number of likely N-dealkylation sites (tertiary alicyclic amines) is 1. The Labute approximate surface area is 238 Å². The maximum absolute atomic E-state index is 13.1. The summed E-state index contributed by atoms with van der Waals surface area (Å²) in [7, 11) is 30.1. The van der Waals surface area contributed by atoms with Crippen LogP contribution in [-0.2, 0) is 17.5 Å². The Kier molecular flexibility index (Phi) is 7.51. The van der Waals surface area contributed by atoms with Crippen molar-refractivity contribution in [2.45, 2.75) is 57.6 Å². The minimum atomic E-state index is -4.50. The van der Waals surface area contributed by atoms with Crippen LogP contribution in [0.15, 0.2) is 12.4 Å². The van der Waals surface area contributed by atoms with Gasteiger partial charge in [-0.15, -0.1) is 27.3 Å². The molecule has 3 heterocycles. The summed E-state index contributed by atoms with van der Waals surface area (Å²) >= 11 is 0. The Morgan fingerprint density at radius 1 is 0.950 bits per heavy atom. The maximum Gasteiger partial charge on any atom is 0.419 e. The largest absolute Gasteiger partial charge is 0.446 e. The first kappa shape index (κ1) is 29.0. The fourth-order valence-corrected chi connectivity index (χ4v) is 6.24. The highest BCUT2D eigenvalue weighted by atomic mass is 19.4. The number of aromatic nitrogens is 2. The Morgan fingerprint density at radius 2 is 1.45 bits per heavy atom. The molecule has 1 aromatic heterocycles. The molecule has 3 fully saturated rings. The minimum Gasteiger partial charge on any atom is -0.446 e. The lowest BCUT2D eigenvalue weighted by atomic mass is 9.59. The molecule has 0 N–H and O–H groups in total. The summed E-state index contributed by atoms with van der Waals surface area (Å²) in [5, 5.41) is 0. The van der Waals surface area contributed by atoms with Crippen molar-refractivity contribution >= 4 is 78.6 Å². The monoisotopic (exact) mass is 539 g/mol. The molecule has 0 unspecified atom stereocenters. The number of piperazine rings is 1. The molecule has 2 aromatic rings. The van der Waals surface area contributed by atoms with Gasteiger partial charge in [-0.2, -0.15) is 13.2 Å². The van der Waals surface area contributed by atoms with Gasteiger partial charge in [-0.25, -0.2) is 14.8 Å². The molecule has 15 heteroatoms. The molecule has 1 aliphatic carbocycles. The molecule has 2 atom stereocenters. The van der Waals surface area contributed by atoms with Crippen LogP contribution >= 0.6 is 0 Å². The van der Waals surface area contributed by atoms with Gasteiger partial charge < -0.3 is 9.64 Å². The molecule has 3 aliphatic rings. The second-order valence-electron chi connectivity index (χ2n) is 11.4. The lowest BCUT2D eigenvalue weighted by molar-refractivity contribution is -0.138. The van der Waals surface area contributed by atoms with Crippen LogP contribution in [0.3, 0.4) is 0 Å². The van der Waals surface area contributed by atoms with Crippen molar-refractivity contribution in [2.24, 2.45) is 5.41 Å². The lowest BCUT2D eigenvalue weighted by Crippen LogP contribution is -2.66. The lowest BCUT2D eigenvalue weighted by Gasteiger charge is -2.59. The number of hydrogen-bond acceptors (Lipinski definition) is 6. The van der Waals surface area contributed by atoms with Crippen molar-refractivity contribution < 1.29 is 22.7 Å². The summed E-state index contributed by atoms with van der Waals surface area (Å²) in [6, 6.07) is -0.489. The molecule has 5 rings (SSSR count).